The second-order valence-corrected chi connectivity index (χ2v) is 6.37. The summed E-state index contributed by atoms with van der Waals surface area (Å²) in [6.07, 6.45) is 2.00. The van der Waals surface area contributed by atoms with Crippen LogP contribution in [0.4, 0.5) is 4.39 Å². The first-order chi connectivity index (χ1) is 7.45. The Morgan fingerprint density at radius 3 is 2.62 bits per heavy atom. The van der Waals surface area contributed by atoms with E-state index >= 15 is 0 Å². The van der Waals surface area contributed by atoms with Crippen LogP contribution in [0.2, 0.25) is 5.02 Å². The largest absolute Gasteiger partial charge is 0.207 e. The first kappa shape index (κ1) is 14.5. The molecule has 0 N–H and O–H groups in total. The van der Waals surface area contributed by atoms with Crippen LogP contribution in [-0.4, -0.2) is 0 Å². The lowest BCUT2D eigenvalue weighted by molar-refractivity contribution is 0.504. The molecule has 0 aliphatic carbocycles. The first-order valence-electron chi connectivity index (χ1n) is 5.24. The van der Waals surface area contributed by atoms with E-state index in [2.05, 4.69) is 45.7 Å². The van der Waals surface area contributed by atoms with Crippen molar-refractivity contribution in [2.45, 2.75) is 31.5 Å². The second-order valence-electron chi connectivity index (χ2n) is 4.00. The maximum atomic E-state index is 13.7. The number of rotatable bonds is 4. The quantitative estimate of drug-likeness (QED) is 0.442. The molecule has 0 saturated carbocycles. The molecule has 0 aliphatic rings. The third-order valence-electron chi connectivity index (χ3n) is 2.68. The number of halogens is 4. The minimum Gasteiger partial charge on any atom is -0.207 e. The van der Waals surface area contributed by atoms with Crippen LogP contribution in [0.15, 0.2) is 16.6 Å². The number of alkyl halides is 1. The van der Waals surface area contributed by atoms with Gasteiger partial charge in [-0.25, -0.2) is 4.39 Å². The Hall–Kier alpha value is 0.400. The molecule has 0 amide bonds. The van der Waals surface area contributed by atoms with Gasteiger partial charge in [0.1, 0.15) is 5.82 Å². The van der Waals surface area contributed by atoms with Gasteiger partial charge in [0.2, 0.25) is 0 Å². The third kappa shape index (κ3) is 3.71. The van der Waals surface area contributed by atoms with Gasteiger partial charge in [0, 0.05) is 14.9 Å². The second kappa shape index (κ2) is 6.36. The van der Waals surface area contributed by atoms with Gasteiger partial charge in [-0.3, -0.25) is 0 Å². The van der Waals surface area contributed by atoms with Crippen molar-refractivity contribution in [1.29, 1.82) is 0 Å². The molecule has 1 rings (SSSR count). The van der Waals surface area contributed by atoms with E-state index in [0.717, 1.165) is 12.8 Å². The van der Waals surface area contributed by atoms with E-state index in [1.807, 2.05) is 0 Å². The van der Waals surface area contributed by atoms with Crippen LogP contribution in [0.3, 0.4) is 0 Å². The molecule has 1 aromatic rings. The van der Waals surface area contributed by atoms with Gasteiger partial charge < -0.3 is 0 Å². The van der Waals surface area contributed by atoms with Crippen molar-refractivity contribution in [2.24, 2.45) is 5.92 Å². The molecule has 0 saturated heterocycles. The summed E-state index contributed by atoms with van der Waals surface area (Å²) in [5.41, 5.74) is 0.633. The zero-order chi connectivity index (χ0) is 12.3. The van der Waals surface area contributed by atoms with Crippen molar-refractivity contribution in [3.8, 4) is 0 Å². The van der Waals surface area contributed by atoms with Crippen LogP contribution in [0.5, 0.6) is 0 Å². The van der Waals surface area contributed by atoms with Gasteiger partial charge in [-0.2, -0.15) is 0 Å². The summed E-state index contributed by atoms with van der Waals surface area (Å²) in [4.78, 5) is 0.0213. The minimum absolute atomic E-state index is 0.0213. The van der Waals surface area contributed by atoms with Crippen LogP contribution in [0.25, 0.3) is 0 Å². The lowest BCUT2D eigenvalue weighted by Crippen LogP contribution is -2.01. The van der Waals surface area contributed by atoms with Crippen molar-refractivity contribution >= 4 is 43.5 Å². The van der Waals surface area contributed by atoms with Gasteiger partial charge in [0.25, 0.3) is 0 Å². The smallest absolute Gasteiger partial charge is 0.128 e. The van der Waals surface area contributed by atoms with Gasteiger partial charge in [-0.05, 0) is 40.4 Å². The highest BCUT2D eigenvalue weighted by atomic mass is 79.9. The summed E-state index contributed by atoms with van der Waals surface area (Å²) >= 11 is 12.7. The maximum Gasteiger partial charge on any atom is 0.128 e. The summed E-state index contributed by atoms with van der Waals surface area (Å²) < 4.78 is 14.3. The summed E-state index contributed by atoms with van der Waals surface area (Å²) in [5, 5.41) is 0.546. The molecule has 0 aromatic heterocycles. The Bertz CT molecular complexity index is 368. The highest BCUT2D eigenvalue weighted by molar-refractivity contribution is 9.10. The molecule has 16 heavy (non-hydrogen) atoms. The molecule has 90 valence electrons. The average Bonchev–Trinajstić information content (AvgIpc) is 2.23. The highest BCUT2D eigenvalue weighted by Crippen LogP contribution is 2.36. The first-order valence-corrected chi connectivity index (χ1v) is 7.32. The molecule has 0 aliphatic heterocycles. The van der Waals surface area contributed by atoms with Gasteiger partial charge in [0.15, 0.2) is 0 Å². The molecule has 0 nitrogen and oxygen atoms in total. The highest BCUT2D eigenvalue weighted by Gasteiger charge is 2.17. The van der Waals surface area contributed by atoms with Crippen LogP contribution < -0.4 is 0 Å². The summed E-state index contributed by atoms with van der Waals surface area (Å²) in [6.45, 7) is 4.29. The van der Waals surface area contributed by atoms with Crippen LogP contribution >= 0.6 is 43.5 Å². The molecular weight excluding hydrogens is 358 g/mol. The van der Waals surface area contributed by atoms with E-state index in [1.54, 1.807) is 6.07 Å². The van der Waals surface area contributed by atoms with Crippen molar-refractivity contribution in [2.75, 3.05) is 0 Å². The van der Waals surface area contributed by atoms with Gasteiger partial charge >= 0.3 is 0 Å². The Morgan fingerprint density at radius 2 is 2.06 bits per heavy atom. The molecule has 1 aromatic carbocycles. The number of hydrogen-bond acceptors (Lipinski definition) is 0. The fraction of sp³-hybridized carbons (Fsp3) is 0.500. The van der Waals surface area contributed by atoms with E-state index in [9.17, 15) is 4.39 Å². The fourth-order valence-corrected chi connectivity index (χ4v) is 2.90. The monoisotopic (exact) mass is 370 g/mol. The number of benzene rings is 1. The maximum absolute atomic E-state index is 13.7. The van der Waals surface area contributed by atoms with Crippen molar-refractivity contribution < 1.29 is 4.39 Å². The molecule has 0 spiro atoms. The van der Waals surface area contributed by atoms with Crippen molar-refractivity contribution in [3.05, 3.63) is 33.0 Å². The SMILES string of the molecule is CCC(C)CC(Br)c1cc(Cl)c(Br)cc1F. The standard InChI is InChI=1S/C12H14Br2ClF/c1-3-7(2)4-9(13)8-5-11(15)10(14)6-12(8)16/h5-7,9H,3-4H2,1-2H3. The zero-order valence-corrected chi connectivity index (χ0v) is 13.2. The average molecular weight is 373 g/mol. The Morgan fingerprint density at radius 1 is 1.44 bits per heavy atom. The van der Waals surface area contributed by atoms with Gasteiger partial charge in [0.05, 0.1) is 5.02 Å². The van der Waals surface area contributed by atoms with E-state index < -0.39 is 0 Å². The van der Waals surface area contributed by atoms with Crippen molar-refractivity contribution in [3.63, 3.8) is 0 Å². The molecule has 4 heteroatoms. The van der Waals surface area contributed by atoms with E-state index in [1.165, 1.54) is 6.07 Å². The van der Waals surface area contributed by atoms with E-state index in [-0.39, 0.29) is 10.6 Å². The van der Waals surface area contributed by atoms with Gasteiger partial charge in [-0.1, -0.05) is 47.8 Å². The predicted octanol–water partition coefficient (Wildman–Crippen LogP) is 6.11. The molecule has 0 fully saturated rings. The Balaban J connectivity index is 2.91. The normalized spacial score (nSPS) is 14.9. The molecule has 0 heterocycles. The fourth-order valence-electron chi connectivity index (χ4n) is 1.42. The summed E-state index contributed by atoms with van der Waals surface area (Å²) in [6, 6.07) is 3.10. The van der Waals surface area contributed by atoms with E-state index in [0.29, 0.717) is 21.0 Å². The molecule has 2 unspecified atom stereocenters. The lowest BCUT2D eigenvalue weighted by Gasteiger charge is -2.16. The van der Waals surface area contributed by atoms with Crippen LogP contribution in [0, 0.1) is 11.7 Å². The Labute approximate surface area is 118 Å². The molecule has 0 bridgehead atoms. The lowest BCUT2D eigenvalue weighted by atomic mass is 9.99. The van der Waals surface area contributed by atoms with Crippen LogP contribution in [0.1, 0.15) is 37.1 Å². The number of hydrogen-bond donors (Lipinski definition) is 0. The molecule has 0 radical (unpaired) electrons. The topological polar surface area (TPSA) is 0 Å². The third-order valence-corrected chi connectivity index (χ3v) is 4.75. The van der Waals surface area contributed by atoms with Crippen molar-refractivity contribution in [1.82, 2.24) is 0 Å². The summed E-state index contributed by atoms with van der Waals surface area (Å²) in [5.74, 6) is 0.340. The van der Waals surface area contributed by atoms with Gasteiger partial charge in [-0.15, -0.1) is 0 Å². The van der Waals surface area contributed by atoms with E-state index in [4.69, 9.17) is 11.6 Å². The Kier molecular flexibility index (Phi) is 5.75. The molecular formula is C12H14Br2ClF. The van der Waals surface area contributed by atoms with Crippen LogP contribution in [-0.2, 0) is 0 Å². The summed E-state index contributed by atoms with van der Waals surface area (Å²) in [7, 11) is 0. The predicted molar refractivity (Wildman–Crippen MR) is 74.9 cm³/mol. The molecule has 2 atom stereocenters. The minimum atomic E-state index is -0.221. The zero-order valence-electron chi connectivity index (χ0n) is 9.24.